The van der Waals surface area contributed by atoms with Crippen LogP contribution in [-0.4, -0.2) is 20.7 Å². The van der Waals surface area contributed by atoms with Gasteiger partial charge in [0.05, 0.1) is 5.75 Å². The minimum absolute atomic E-state index is 0.140. The molecule has 1 N–H and O–H groups in total. The van der Waals surface area contributed by atoms with Gasteiger partial charge in [-0.3, -0.25) is 0 Å². The van der Waals surface area contributed by atoms with E-state index in [1.54, 1.807) is 11.3 Å². The Bertz CT molecular complexity index is 577. The lowest BCUT2D eigenvalue weighted by molar-refractivity contribution is 0.581. The average Bonchev–Trinajstić information content (AvgIpc) is 2.91. The van der Waals surface area contributed by atoms with Gasteiger partial charge in [0.15, 0.2) is 0 Å². The number of aryl methyl sites for hydroxylation is 1. The van der Waals surface area contributed by atoms with Crippen molar-refractivity contribution in [1.82, 2.24) is 4.72 Å². The van der Waals surface area contributed by atoms with Gasteiger partial charge in [-0.05, 0) is 29.9 Å². The van der Waals surface area contributed by atoms with Gasteiger partial charge in [-0.2, -0.15) is 0 Å². The first kappa shape index (κ1) is 14.2. The van der Waals surface area contributed by atoms with Crippen LogP contribution >= 0.6 is 11.3 Å². The zero-order valence-corrected chi connectivity index (χ0v) is 12.2. The highest BCUT2D eigenvalue weighted by atomic mass is 32.2. The summed E-state index contributed by atoms with van der Waals surface area (Å²) in [5.74, 6) is 0.140. The minimum Gasteiger partial charge on any atom is -0.215 e. The number of rotatable bonds is 7. The van der Waals surface area contributed by atoms with Crippen LogP contribution < -0.4 is 4.72 Å². The Kier molecular flexibility index (Phi) is 5.13. The Labute approximate surface area is 118 Å². The molecule has 1 aromatic carbocycles. The van der Waals surface area contributed by atoms with Crippen LogP contribution in [0.1, 0.15) is 10.4 Å². The second kappa shape index (κ2) is 6.84. The van der Waals surface area contributed by atoms with Crippen LogP contribution in [0.3, 0.4) is 0 Å². The van der Waals surface area contributed by atoms with Gasteiger partial charge >= 0.3 is 0 Å². The van der Waals surface area contributed by atoms with Crippen molar-refractivity contribution in [3.05, 3.63) is 58.3 Å². The molecule has 0 fully saturated rings. The van der Waals surface area contributed by atoms with Gasteiger partial charge in [0, 0.05) is 11.4 Å². The van der Waals surface area contributed by atoms with E-state index in [2.05, 4.69) is 4.72 Å². The molecular formula is C14H17NO2S2. The van der Waals surface area contributed by atoms with Crippen LogP contribution in [0.5, 0.6) is 0 Å². The molecule has 19 heavy (non-hydrogen) atoms. The predicted octanol–water partition coefficient (Wildman–Crippen LogP) is 2.45. The van der Waals surface area contributed by atoms with Crippen LogP contribution in [-0.2, 0) is 22.9 Å². The highest BCUT2D eigenvalue weighted by Crippen LogP contribution is 2.08. The van der Waals surface area contributed by atoms with Crippen molar-refractivity contribution in [3.8, 4) is 0 Å². The topological polar surface area (TPSA) is 46.2 Å². The standard InChI is InChI=1S/C14H17NO2S2/c16-19(17,12-9-13-5-2-1-3-6-13)15-10-8-14-7-4-11-18-14/h1-7,11,15H,8-10,12H2. The Hall–Kier alpha value is -1.17. The van der Waals surface area contributed by atoms with E-state index in [0.717, 1.165) is 12.0 Å². The minimum atomic E-state index is -3.18. The molecule has 0 amide bonds. The van der Waals surface area contributed by atoms with Crippen molar-refractivity contribution in [2.45, 2.75) is 12.8 Å². The smallest absolute Gasteiger partial charge is 0.211 e. The third kappa shape index (κ3) is 5.14. The zero-order valence-electron chi connectivity index (χ0n) is 10.6. The van der Waals surface area contributed by atoms with E-state index in [1.807, 2.05) is 47.8 Å². The van der Waals surface area contributed by atoms with Crippen molar-refractivity contribution in [2.24, 2.45) is 0 Å². The predicted molar refractivity (Wildman–Crippen MR) is 80.0 cm³/mol. The van der Waals surface area contributed by atoms with Crippen LogP contribution in [0, 0.1) is 0 Å². The maximum atomic E-state index is 11.8. The maximum Gasteiger partial charge on any atom is 0.211 e. The average molecular weight is 295 g/mol. The Morgan fingerprint density at radius 2 is 1.79 bits per heavy atom. The third-order valence-corrected chi connectivity index (χ3v) is 5.10. The van der Waals surface area contributed by atoms with Gasteiger partial charge in [0.1, 0.15) is 0 Å². The summed E-state index contributed by atoms with van der Waals surface area (Å²) >= 11 is 1.65. The Balaban J connectivity index is 1.76. The molecule has 3 nitrogen and oxygen atoms in total. The SMILES string of the molecule is O=S(=O)(CCc1ccccc1)NCCc1cccs1. The van der Waals surface area contributed by atoms with Gasteiger partial charge in [-0.1, -0.05) is 36.4 Å². The van der Waals surface area contributed by atoms with Crippen LogP contribution in [0.4, 0.5) is 0 Å². The molecule has 0 spiro atoms. The lowest BCUT2D eigenvalue weighted by Crippen LogP contribution is -2.29. The molecule has 2 rings (SSSR count). The molecule has 102 valence electrons. The Morgan fingerprint density at radius 3 is 2.47 bits per heavy atom. The van der Waals surface area contributed by atoms with Gasteiger partial charge in [0.2, 0.25) is 10.0 Å². The Morgan fingerprint density at radius 1 is 1.00 bits per heavy atom. The van der Waals surface area contributed by atoms with Gasteiger partial charge in [0.25, 0.3) is 0 Å². The van der Waals surface area contributed by atoms with E-state index in [0.29, 0.717) is 13.0 Å². The van der Waals surface area contributed by atoms with Crippen LogP contribution in [0.2, 0.25) is 0 Å². The molecule has 0 unspecified atom stereocenters. The first-order chi connectivity index (χ1) is 9.16. The normalized spacial score (nSPS) is 11.6. The molecule has 0 radical (unpaired) electrons. The van der Waals surface area contributed by atoms with Gasteiger partial charge in [-0.15, -0.1) is 11.3 Å². The summed E-state index contributed by atoms with van der Waals surface area (Å²) < 4.78 is 26.3. The number of benzene rings is 1. The number of hydrogen-bond donors (Lipinski definition) is 1. The van der Waals surface area contributed by atoms with Crippen molar-refractivity contribution in [2.75, 3.05) is 12.3 Å². The first-order valence-electron chi connectivity index (χ1n) is 6.19. The molecule has 0 saturated heterocycles. The fourth-order valence-corrected chi connectivity index (χ4v) is 3.52. The fraction of sp³-hybridized carbons (Fsp3) is 0.286. The quantitative estimate of drug-likeness (QED) is 0.853. The molecule has 2 aromatic rings. The zero-order chi connectivity index (χ0) is 13.6. The molecule has 0 saturated carbocycles. The van der Waals surface area contributed by atoms with E-state index < -0.39 is 10.0 Å². The van der Waals surface area contributed by atoms with Crippen molar-refractivity contribution in [1.29, 1.82) is 0 Å². The number of thiophene rings is 1. The monoisotopic (exact) mass is 295 g/mol. The molecule has 0 aliphatic carbocycles. The van der Waals surface area contributed by atoms with Gasteiger partial charge < -0.3 is 0 Å². The molecule has 0 atom stereocenters. The highest BCUT2D eigenvalue weighted by molar-refractivity contribution is 7.89. The fourth-order valence-electron chi connectivity index (χ4n) is 1.75. The third-order valence-electron chi connectivity index (χ3n) is 2.78. The molecule has 5 heteroatoms. The summed E-state index contributed by atoms with van der Waals surface area (Å²) in [4.78, 5) is 1.20. The van der Waals surface area contributed by atoms with E-state index in [4.69, 9.17) is 0 Å². The first-order valence-corrected chi connectivity index (χ1v) is 8.72. The molecule has 0 aliphatic rings. The lowest BCUT2D eigenvalue weighted by Gasteiger charge is -2.06. The van der Waals surface area contributed by atoms with E-state index in [1.165, 1.54) is 4.88 Å². The van der Waals surface area contributed by atoms with E-state index in [9.17, 15) is 8.42 Å². The summed E-state index contributed by atoms with van der Waals surface area (Å²) in [5.41, 5.74) is 1.05. The maximum absolute atomic E-state index is 11.8. The van der Waals surface area contributed by atoms with Gasteiger partial charge in [-0.25, -0.2) is 13.1 Å². The summed E-state index contributed by atoms with van der Waals surface area (Å²) in [6, 6.07) is 13.7. The number of sulfonamides is 1. The van der Waals surface area contributed by atoms with E-state index >= 15 is 0 Å². The van der Waals surface area contributed by atoms with Crippen molar-refractivity contribution >= 4 is 21.4 Å². The molecule has 1 aromatic heterocycles. The summed E-state index contributed by atoms with van der Waals surface area (Å²) in [6.45, 7) is 0.470. The summed E-state index contributed by atoms with van der Waals surface area (Å²) in [7, 11) is -3.18. The molecular weight excluding hydrogens is 278 g/mol. The van der Waals surface area contributed by atoms with Crippen LogP contribution in [0.25, 0.3) is 0 Å². The van der Waals surface area contributed by atoms with Crippen molar-refractivity contribution in [3.63, 3.8) is 0 Å². The van der Waals surface area contributed by atoms with Crippen LogP contribution in [0.15, 0.2) is 47.8 Å². The molecule has 1 heterocycles. The molecule has 0 bridgehead atoms. The number of nitrogens with one attached hydrogen (secondary N) is 1. The largest absolute Gasteiger partial charge is 0.215 e. The summed E-state index contributed by atoms with van der Waals surface area (Å²) in [6.07, 6.45) is 1.30. The summed E-state index contributed by atoms with van der Waals surface area (Å²) in [5, 5.41) is 2.00. The lowest BCUT2D eigenvalue weighted by atomic mass is 10.2. The highest BCUT2D eigenvalue weighted by Gasteiger charge is 2.09. The molecule has 0 aliphatic heterocycles. The van der Waals surface area contributed by atoms with E-state index in [-0.39, 0.29) is 5.75 Å². The second-order valence-corrected chi connectivity index (χ2v) is 7.24. The second-order valence-electron chi connectivity index (χ2n) is 4.28. The van der Waals surface area contributed by atoms with Crippen molar-refractivity contribution < 1.29 is 8.42 Å². The number of hydrogen-bond acceptors (Lipinski definition) is 3.